The molecular weight excluding hydrogens is 464 g/mol. The highest BCUT2D eigenvalue weighted by Crippen LogP contribution is 2.64. The largest absolute Gasteiger partial charge is 0.471 e. The molecule has 1 unspecified atom stereocenters. The lowest BCUT2D eigenvalue weighted by Gasteiger charge is -2.70. The highest BCUT2D eigenvalue weighted by atomic mass is 16.6. The van der Waals surface area contributed by atoms with Crippen molar-refractivity contribution in [3.8, 4) is 0 Å². The molecule has 7 heteroatoms. The van der Waals surface area contributed by atoms with Crippen LogP contribution in [-0.4, -0.2) is 69.7 Å². The SMILES string of the molecule is C[C@@H]1Cc2c([nH]c3ccccc23)[C@@H](C2C=CC(OC3CN(C(=O)OC(C)(C)C)C3)=NC2)N1C12CC(C1)C2. The van der Waals surface area contributed by atoms with E-state index < -0.39 is 5.60 Å². The first-order valence-corrected chi connectivity index (χ1v) is 13.9. The minimum absolute atomic E-state index is 0.0280. The molecule has 1 saturated heterocycles. The second-order valence-corrected chi connectivity index (χ2v) is 13.0. The zero-order valence-corrected chi connectivity index (χ0v) is 22.4. The maximum absolute atomic E-state index is 12.2. The zero-order chi connectivity index (χ0) is 25.5. The van der Waals surface area contributed by atoms with Gasteiger partial charge in [-0.3, -0.25) is 9.89 Å². The number of likely N-dealkylation sites (tertiary alicyclic amines) is 1. The molecule has 0 radical (unpaired) electrons. The van der Waals surface area contributed by atoms with Gasteiger partial charge in [0.15, 0.2) is 0 Å². The number of fused-ring (bicyclic) bond motifs is 3. The molecule has 1 aromatic heterocycles. The van der Waals surface area contributed by atoms with Gasteiger partial charge in [0.2, 0.25) is 5.90 Å². The van der Waals surface area contributed by atoms with Crippen LogP contribution >= 0.6 is 0 Å². The van der Waals surface area contributed by atoms with E-state index in [2.05, 4.69) is 53.2 Å². The number of hydrogen-bond donors (Lipinski definition) is 1. The van der Waals surface area contributed by atoms with Crippen molar-refractivity contribution >= 4 is 22.9 Å². The fraction of sp³-hybridized carbons (Fsp3) is 0.600. The summed E-state index contributed by atoms with van der Waals surface area (Å²) < 4.78 is 11.6. The average molecular weight is 503 g/mol. The molecule has 3 aliphatic carbocycles. The van der Waals surface area contributed by atoms with Crippen LogP contribution in [0.25, 0.3) is 10.9 Å². The van der Waals surface area contributed by atoms with E-state index in [0.29, 0.717) is 42.5 Å². The number of amides is 1. The smallest absolute Gasteiger partial charge is 0.410 e. The number of aromatic nitrogens is 1. The van der Waals surface area contributed by atoms with Crippen molar-refractivity contribution in [2.45, 2.75) is 82.7 Å². The van der Waals surface area contributed by atoms with Crippen molar-refractivity contribution in [2.75, 3.05) is 19.6 Å². The molecule has 8 rings (SSSR count). The fourth-order valence-corrected chi connectivity index (χ4v) is 7.39. The van der Waals surface area contributed by atoms with Crippen LogP contribution in [-0.2, 0) is 15.9 Å². The molecule has 3 saturated carbocycles. The Balaban J connectivity index is 1.08. The minimum Gasteiger partial charge on any atom is -0.471 e. The van der Waals surface area contributed by atoms with Gasteiger partial charge in [-0.15, -0.1) is 0 Å². The van der Waals surface area contributed by atoms with Crippen molar-refractivity contribution in [3.05, 3.63) is 47.7 Å². The molecule has 196 valence electrons. The number of carbonyl (C=O) groups excluding carboxylic acids is 1. The Morgan fingerprint density at radius 3 is 2.57 bits per heavy atom. The molecule has 0 spiro atoms. The van der Waals surface area contributed by atoms with E-state index in [-0.39, 0.29) is 12.2 Å². The monoisotopic (exact) mass is 502 g/mol. The maximum atomic E-state index is 12.2. The van der Waals surface area contributed by atoms with Gasteiger partial charge < -0.3 is 19.4 Å². The number of para-hydroxylation sites is 1. The Morgan fingerprint density at radius 2 is 1.92 bits per heavy atom. The molecule has 37 heavy (non-hydrogen) atoms. The van der Waals surface area contributed by atoms with Crippen LogP contribution < -0.4 is 0 Å². The molecule has 7 nitrogen and oxygen atoms in total. The number of aliphatic imine (C=N–C) groups is 1. The molecule has 2 bridgehead atoms. The van der Waals surface area contributed by atoms with E-state index in [9.17, 15) is 4.79 Å². The van der Waals surface area contributed by atoms with Crippen molar-refractivity contribution < 1.29 is 14.3 Å². The second kappa shape index (κ2) is 8.10. The van der Waals surface area contributed by atoms with Crippen molar-refractivity contribution in [3.63, 3.8) is 0 Å². The Hall–Kier alpha value is -2.80. The highest BCUT2D eigenvalue weighted by Gasteiger charge is 2.63. The third-order valence-corrected chi connectivity index (χ3v) is 9.11. The lowest BCUT2D eigenvalue weighted by atomic mass is 9.48. The van der Waals surface area contributed by atoms with E-state index in [1.54, 1.807) is 4.90 Å². The fourth-order valence-electron chi connectivity index (χ4n) is 7.39. The predicted octanol–water partition coefficient (Wildman–Crippen LogP) is 5.23. The topological polar surface area (TPSA) is 70.2 Å². The first-order valence-electron chi connectivity index (χ1n) is 13.9. The predicted molar refractivity (Wildman–Crippen MR) is 144 cm³/mol. The van der Waals surface area contributed by atoms with E-state index in [1.165, 1.54) is 41.4 Å². The Morgan fingerprint density at radius 1 is 1.16 bits per heavy atom. The number of carbonyl (C=O) groups is 1. The highest BCUT2D eigenvalue weighted by molar-refractivity contribution is 5.89. The van der Waals surface area contributed by atoms with E-state index >= 15 is 0 Å². The van der Waals surface area contributed by atoms with Crippen LogP contribution in [0.4, 0.5) is 4.79 Å². The summed E-state index contributed by atoms with van der Waals surface area (Å²) in [6, 6.07) is 9.58. The molecule has 6 aliphatic rings. The van der Waals surface area contributed by atoms with Crippen LogP contribution in [0.3, 0.4) is 0 Å². The summed E-state index contributed by atoms with van der Waals surface area (Å²) in [6.07, 6.45) is 9.25. The van der Waals surface area contributed by atoms with Gasteiger partial charge in [-0.05, 0) is 77.0 Å². The summed E-state index contributed by atoms with van der Waals surface area (Å²) >= 11 is 0. The Kier molecular flexibility index (Phi) is 5.11. The normalized spacial score (nSPS) is 33.2. The second-order valence-electron chi connectivity index (χ2n) is 13.0. The molecule has 3 aliphatic heterocycles. The van der Waals surface area contributed by atoms with Gasteiger partial charge >= 0.3 is 6.09 Å². The van der Waals surface area contributed by atoms with Crippen molar-refractivity contribution in [2.24, 2.45) is 16.8 Å². The summed E-state index contributed by atoms with van der Waals surface area (Å²) in [5.74, 6) is 1.93. The van der Waals surface area contributed by atoms with Gasteiger partial charge in [0.25, 0.3) is 0 Å². The van der Waals surface area contributed by atoms with E-state index in [4.69, 9.17) is 14.5 Å². The van der Waals surface area contributed by atoms with Gasteiger partial charge in [0, 0.05) is 34.1 Å². The summed E-state index contributed by atoms with van der Waals surface area (Å²) in [5, 5.41) is 1.37. The van der Waals surface area contributed by atoms with Crippen molar-refractivity contribution in [1.82, 2.24) is 14.8 Å². The number of nitrogens with one attached hydrogen (secondary N) is 1. The van der Waals surface area contributed by atoms with E-state index in [1.807, 2.05) is 20.8 Å². The third kappa shape index (κ3) is 3.80. The van der Waals surface area contributed by atoms with Gasteiger partial charge in [-0.1, -0.05) is 24.3 Å². The van der Waals surface area contributed by atoms with Crippen LogP contribution in [0.5, 0.6) is 0 Å². The van der Waals surface area contributed by atoms with Gasteiger partial charge in [0.05, 0.1) is 25.7 Å². The lowest BCUT2D eigenvalue weighted by Crippen LogP contribution is -2.72. The number of dihydropyridines is 1. The van der Waals surface area contributed by atoms with Gasteiger partial charge in [-0.25, -0.2) is 4.79 Å². The number of benzene rings is 1. The van der Waals surface area contributed by atoms with Crippen LogP contribution in [0.1, 0.15) is 64.3 Å². The average Bonchev–Trinajstić information content (AvgIpc) is 3.11. The quantitative estimate of drug-likeness (QED) is 0.624. The van der Waals surface area contributed by atoms with Gasteiger partial charge in [0.1, 0.15) is 11.7 Å². The molecule has 4 fully saturated rings. The van der Waals surface area contributed by atoms with Crippen LogP contribution in [0, 0.1) is 11.8 Å². The summed E-state index contributed by atoms with van der Waals surface area (Å²) in [7, 11) is 0. The first kappa shape index (κ1) is 23.3. The van der Waals surface area contributed by atoms with Gasteiger partial charge in [-0.2, -0.15) is 0 Å². The Bertz CT molecular complexity index is 1280. The number of H-pyrrole nitrogens is 1. The summed E-state index contributed by atoms with van der Waals surface area (Å²) in [6.45, 7) is 9.89. The minimum atomic E-state index is -0.483. The number of nitrogens with zero attached hydrogens (tertiary/aromatic N) is 3. The molecule has 2 aromatic rings. The van der Waals surface area contributed by atoms with E-state index in [0.717, 1.165) is 18.9 Å². The standard InChI is InChI=1S/C30H38N4O3/c1-18-11-23-22-7-5-6-8-24(22)32-26(23)27(34(18)30-12-19(13-30)14-30)20-9-10-25(31-15-20)36-21-16-33(17-21)28(35)37-29(2,3)4/h5-10,18-21,27,32H,11-17H2,1-4H3/t18-,19?,20?,27-,30?/m1/s1. The summed E-state index contributed by atoms with van der Waals surface area (Å²) in [4.78, 5) is 25.5. The molecule has 1 aromatic carbocycles. The third-order valence-electron chi connectivity index (χ3n) is 9.11. The number of rotatable bonds is 3. The number of aromatic amines is 1. The summed E-state index contributed by atoms with van der Waals surface area (Å²) in [5.41, 5.74) is 4.03. The maximum Gasteiger partial charge on any atom is 0.410 e. The molecular formula is C30H38N4O3. The Labute approximate surface area is 218 Å². The number of hydrogen-bond acceptors (Lipinski definition) is 5. The molecule has 4 heterocycles. The number of ether oxygens (including phenoxy) is 2. The van der Waals surface area contributed by atoms with Crippen LogP contribution in [0.15, 0.2) is 41.4 Å². The zero-order valence-electron chi connectivity index (χ0n) is 22.4. The first-order chi connectivity index (χ1) is 17.7. The van der Waals surface area contributed by atoms with Crippen LogP contribution in [0.2, 0.25) is 0 Å². The molecule has 1 N–H and O–H groups in total. The lowest BCUT2D eigenvalue weighted by molar-refractivity contribution is -0.185. The molecule has 3 atom stereocenters. The van der Waals surface area contributed by atoms with Crippen molar-refractivity contribution in [1.29, 1.82) is 0 Å². The molecule has 1 amide bonds.